The van der Waals surface area contributed by atoms with E-state index in [1.54, 1.807) is 21.3 Å². The molecule has 0 bridgehead atoms. The van der Waals surface area contributed by atoms with E-state index in [0.717, 1.165) is 65.4 Å². The third kappa shape index (κ3) is 4.76. The van der Waals surface area contributed by atoms with Gasteiger partial charge in [-0.1, -0.05) is 24.3 Å². The number of hydrogen-bond donors (Lipinski definition) is 1. The quantitative estimate of drug-likeness (QED) is 0.293. The van der Waals surface area contributed by atoms with E-state index >= 15 is 0 Å². The molecule has 5 aromatic rings. The van der Waals surface area contributed by atoms with Crippen LogP contribution >= 0.6 is 0 Å². The number of ether oxygens (including phenoxy) is 3. The number of anilines is 2. The Hall–Kier alpha value is -4.53. The molecule has 1 saturated heterocycles. The van der Waals surface area contributed by atoms with Crippen LogP contribution in [-0.4, -0.2) is 54.0 Å². The summed E-state index contributed by atoms with van der Waals surface area (Å²) in [4.78, 5) is 12.5. The van der Waals surface area contributed by atoms with Crippen molar-refractivity contribution in [1.82, 2.24) is 19.6 Å². The molecule has 0 aliphatic carbocycles. The van der Waals surface area contributed by atoms with Crippen molar-refractivity contribution in [2.75, 3.05) is 44.6 Å². The van der Waals surface area contributed by atoms with Gasteiger partial charge in [0.2, 0.25) is 5.95 Å². The molecule has 6 rings (SSSR count). The van der Waals surface area contributed by atoms with Gasteiger partial charge in [0.1, 0.15) is 22.8 Å². The van der Waals surface area contributed by atoms with Crippen molar-refractivity contribution in [1.29, 1.82) is 0 Å². The fourth-order valence-electron chi connectivity index (χ4n) is 5.31. The second-order valence-corrected chi connectivity index (χ2v) is 9.65. The molecule has 3 heterocycles. The van der Waals surface area contributed by atoms with Crippen molar-refractivity contribution >= 4 is 28.2 Å². The number of aromatic nitrogens is 4. The van der Waals surface area contributed by atoms with E-state index in [2.05, 4.69) is 40.5 Å². The molecule has 0 saturated carbocycles. The summed E-state index contributed by atoms with van der Waals surface area (Å²) in [5, 5.41) is 9.39. The lowest BCUT2D eigenvalue weighted by Crippen LogP contribution is -2.34. The fraction of sp³-hybridized carbons (Fsp3) is 0.300. The summed E-state index contributed by atoms with van der Waals surface area (Å²) >= 11 is 0. The molecule has 9 nitrogen and oxygen atoms in total. The van der Waals surface area contributed by atoms with Gasteiger partial charge in [-0.15, -0.1) is 5.10 Å². The van der Waals surface area contributed by atoms with Crippen LogP contribution in [0.15, 0.2) is 66.7 Å². The lowest BCUT2D eigenvalue weighted by molar-refractivity contribution is 0.391. The van der Waals surface area contributed by atoms with Gasteiger partial charge in [-0.25, -0.2) is 9.97 Å². The first-order valence-electron chi connectivity index (χ1n) is 13.2. The molecule has 1 atom stereocenters. The van der Waals surface area contributed by atoms with E-state index in [1.165, 1.54) is 5.69 Å². The molecule has 1 aliphatic heterocycles. The summed E-state index contributed by atoms with van der Waals surface area (Å²) < 4.78 is 18.4. The zero-order valence-electron chi connectivity index (χ0n) is 22.4. The third-order valence-electron chi connectivity index (χ3n) is 7.34. The van der Waals surface area contributed by atoms with Crippen LogP contribution in [0.3, 0.4) is 0 Å². The predicted octanol–water partition coefficient (Wildman–Crippen LogP) is 5.30. The summed E-state index contributed by atoms with van der Waals surface area (Å²) in [6.07, 6.45) is 2.13. The zero-order chi connectivity index (χ0) is 26.8. The first-order chi connectivity index (χ1) is 19.2. The van der Waals surface area contributed by atoms with Crippen LogP contribution in [0.4, 0.5) is 11.6 Å². The van der Waals surface area contributed by atoms with Crippen LogP contribution in [0.2, 0.25) is 0 Å². The van der Waals surface area contributed by atoms with Crippen molar-refractivity contribution in [2.24, 2.45) is 0 Å². The number of methoxy groups -OCH3 is 3. The molecule has 2 aromatic heterocycles. The Labute approximate surface area is 227 Å². The highest BCUT2D eigenvalue weighted by Crippen LogP contribution is 2.33. The average molecular weight is 525 g/mol. The molecule has 0 spiro atoms. The SMILES string of the molecule is COc1ccc(CNc2nc3c(OC)cccc3c3nc(C4CCCN(c5ccccc5)C4)nn23)c(OC)c1. The van der Waals surface area contributed by atoms with Gasteiger partial charge in [0.15, 0.2) is 11.5 Å². The Kier molecular flexibility index (Phi) is 6.79. The molecule has 1 aliphatic rings. The maximum Gasteiger partial charge on any atom is 0.226 e. The van der Waals surface area contributed by atoms with Crippen molar-refractivity contribution < 1.29 is 14.2 Å². The third-order valence-corrected chi connectivity index (χ3v) is 7.34. The number of piperidine rings is 1. The second-order valence-electron chi connectivity index (χ2n) is 9.65. The van der Waals surface area contributed by atoms with Crippen molar-refractivity contribution in [2.45, 2.75) is 25.3 Å². The maximum absolute atomic E-state index is 5.65. The average Bonchev–Trinajstić information content (AvgIpc) is 3.46. The summed E-state index contributed by atoms with van der Waals surface area (Å²) in [7, 11) is 4.96. The maximum atomic E-state index is 5.65. The molecule has 1 unspecified atom stereocenters. The fourth-order valence-corrected chi connectivity index (χ4v) is 5.31. The van der Waals surface area contributed by atoms with Crippen molar-refractivity contribution in [3.63, 3.8) is 0 Å². The number of rotatable bonds is 8. The van der Waals surface area contributed by atoms with E-state index in [9.17, 15) is 0 Å². The van der Waals surface area contributed by atoms with Crippen LogP contribution < -0.4 is 24.4 Å². The van der Waals surface area contributed by atoms with Crippen molar-refractivity contribution in [3.05, 3.63) is 78.1 Å². The van der Waals surface area contributed by atoms with Gasteiger partial charge in [0.05, 0.1) is 21.3 Å². The summed E-state index contributed by atoms with van der Waals surface area (Å²) in [5.74, 6) is 3.81. The van der Waals surface area contributed by atoms with Gasteiger partial charge in [0, 0.05) is 48.3 Å². The van der Waals surface area contributed by atoms with E-state index in [1.807, 2.05) is 40.9 Å². The monoisotopic (exact) mass is 524 g/mol. The summed E-state index contributed by atoms with van der Waals surface area (Å²) in [6, 6.07) is 22.2. The second kappa shape index (κ2) is 10.7. The van der Waals surface area contributed by atoms with Crippen LogP contribution in [0, 0.1) is 0 Å². The Balaban J connectivity index is 1.39. The minimum Gasteiger partial charge on any atom is -0.497 e. The number of para-hydroxylation sites is 2. The Bertz CT molecular complexity index is 1600. The van der Waals surface area contributed by atoms with E-state index < -0.39 is 0 Å². The zero-order valence-corrected chi connectivity index (χ0v) is 22.4. The first-order valence-corrected chi connectivity index (χ1v) is 13.2. The largest absolute Gasteiger partial charge is 0.497 e. The minimum absolute atomic E-state index is 0.217. The molecule has 39 heavy (non-hydrogen) atoms. The summed E-state index contributed by atoms with van der Waals surface area (Å²) in [6.45, 7) is 2.39. The Morgan fingerprint density at radius 3 is 2.54 bits per heavy atom. The van der Waals surface area contributed by atoms with Crippen LogP contribution in [0.25, 0.3) is 16.6 Å². The molecule has 1 N–H and O–H groups in total. The number of benzene rings is 3. The standard InChI is InChI=1S/C30H32N6O3/c1-37-23-15-14-20(26(17-23)39-3)18-31-30-32-27-24(12-7-13-25(27)38-2)29-33-28(34-36(29)30)21-9-8-16-35(19-21)22-10-5-4-6-11-22/h4-7,10-15,17,21H,8-9,16,18-19H2,1-3H3,(H,31,32). The molecule has 0 amide bonds. The lowest BCUT2D eigenvalue weighted by atomic mass is 9.97. The molecule has 0 radical (unpaired) electrons. The molecule has 3 aromatic carbocycles. The highest BCUT2D eigenvalue weighted by molar-refractivity contribution is 5.96. The van der Waals surface area contributed by atoms with E-state index in [0.29, 0.717) is 18.2 Å². The number of fused-ring (bicyclic) bond motifs is 3. The lowest BCUT2D eigenvalue weighted by Gasteiger charge is -2.33. The number of hydrogen-bond acceptors (Lipinski definition) is 8. The predicted molar refractivity (Wildman–Crippen MR) is 152 cm³/mol. The molecule has 200 valence electrons. The first kappa shape index (κ1) is 24.8. The van der Waals surface area contributed by atoms with Gasteiger partial charge >= 0.3 is 0 Å². The van der Waals surface area contributed by atoms with Gasteiger partial charge in [-0.3, -0.25) is 0 Å². The van der Waals surface area contributed by atoms with E-state index in [-0.39, 0.29) is 5.92 Å². The number of nitrogens with zero attached hydrogens (tertiary/aromatic N) is 5. The Morgan fingerprint density at radius 1 is 0.897 bits per heavy atom. The van der Waals surface area contributed by atoms with Crippen molar-refractivity contribution in [3.8, 4) is 17.2 Å². The van der Waals surface area contributed by atoms with Gasteiger partial charge < -0.3 is 24.4 Å². The van der Waals surface area contributed by atoms with Gasteiger partial charge in [-0.05, 0) is 49.2 Å². The summed E-state index contributed by atoms with van der Waals surface area (Å²) in [5.41, 5.74) is 3.71. The molecule has 9 heteroatoms. The minimum atomic E-state index is 0.217. The molecular formula is C30H32N6O3. The Morgan fingerprint density at radius 2 is 1.74 bits per heavy atom. The smallest absolute Gasteiger partial charge is 0.226 e. The topological polar surface area (TPSA) is 86.0 Å². The highest BCUT2D eigenvalue weighted by atomic mass is 16.5. The normalized spacial score (nSPS) is 15.5. The molecular weight excluding hydrogens is 492 g/mol. The van der Waals surface area contributed by atoms with Gasteiger partial charge in [-0.2, -0.15) is 4.52 Å². The number of nitrogens with one attached hydrogen (secondary N) is 1. The van der Waals surface area contributed by atoms with Crippen LogP contribution in [-0.2, 0) is 6.54 Å². The van der Waals surface area contributed by atoms with Gasteiger partial charge in [0.25, 0.3) is 0 Å². The highest BCUT2D eigenvalue weighted by Gasteiger charge is 2.26. The van der Waals surface area contributed by atoms with E-state index in [4.69, 9.17) is 29.3 Å². The van der Waals surface area contributed by atoms with Crippen LogP contribution in [0.5, 0.6) is 17.2 Å². The molecule has 1 fully saturated rings. The van der Waals surface area contributed by atoms with Crippen LogP contribution in [0.1, 0.15) is 30.1 Å².